The minimum atomic E-state index is -0.122. The van der Waals surface area contributed by atoms with Crippen LogP contribution in [-0.4, -0.2) is 32.8 Å². The largest absolute Gasteiger partial charge is 0.374 e. The lowest BCUT2D eigenvalue weighted by Gasteiger charge is -2.05. The SMILES string of the molecule is CNC(=O)COCCOCc1ccc(C)cc1. The van der Waals surface area contributed by atoms with Gasteiger partial charge in [-0.2, -0.15) is 0 Å². The number of ether oxygens (including phenoxy) is 2. The van der Waals surface area contributed by atoms with E-state index in [1.165, 1.54) is 5.56 Å². The van der Waals surface area contributed by atoms with Crippen molar-refractivity contribution in [3.8, 4) is 0 Å². The van der Waals surface area contributed by atoms with Crippen molar-refractivity contribution in [1.82, 2.24) is 5.32 Å². The normalized spacial score (nSPS) is 10.2. The highest BCUT2D eigenvalue weighted by molar-refractivity contribution is 5.76. The van der Waals surface area contributed by atoms with E-state index >= 15 is 0 Å². The van der Waals surface area contributed by atoms with Crippen LogP contribution in [0.3, 0.4) is 0 Å². The number of benzene rings is 1. The van der Waals surface area contributed by atoms with Gasteiger partial charge in [0.2, 0.25) is 5.91 Å². The molecule has 0 heterocycles. The van der Waals surface area contributed by atoms with Gasteiger partial charge in [-0.05, 0) is 12.5 Å². The molecule has 1 aromatic carbocycles. The van der Waals surface area contributed by atoms with Gasteiger partial charge in [-0.3, -0.25) is 4.79 Å². The van der Waals surface area contributed by atoms with Crippen LogP contribution >= 0.6 is 0 Å². The molecule has 0 aliphatic rings. The molecule has 1 N–H and O–H groups in total. The fourth-order valence-electron chi connectivity index (χ4n) is 1.23. The predicted molar refractivity (Wildman–Crippen MR) is 65.7 cm³/mol. The summed E-state index contributed by atoms with van der Waals surface area (Å²) in [6.07, 6.45) is 0. The van der Waals surface area contributed by atoms with Crippen LogP contribution in [0.2, 0.25) is 0 Å². The van der Waals surface area contributed by atoms with Gasteiger partial charge in [0.05, 0.1) is 19.8 Å². The number of carbonyl (C=O) groups is 1. The number of carbonyl (C=O) groups excluding carboxylic acids is 1. The molecule has 4 nitrogen and oxygen atoms in total. The predicted octanol–water partition coefficient (Wildman–Crippen LogP) is 1.27. The molecule has 1 aromatic rings. The number of amides is 1. The van der Waals surface area contributed by atoms with E-state index in [9.17, 15) is 4.79 Å². The van der Waals surface area contributed by atoms with Gasteiger partial charge < -0.3 is 14.8 Å². The molecular formula is C13H19NO3. The fourth-order valence-corrected chi connectivity index (χ4v) is 1.23. The quantitative estimate of drug-likeness (QED) is 0.727. The lowest BCUT2D eigenvalue weighted by molar-refractivity contribution is -0.125. The number of nitrogens with one attached hydrogen (secondary N) is 1. The van der Waals surface area contributed by atoms with Crippen LogP contribution in [0.15, 0.2) is 24.3 Å². The first-order chi connectivity index (χ1) is 8.22. The van der Waals surface area contributed by atoms with Gasteiger partial charge in [0, 0.05) is 7.05 Å². The van der Waals surface area contributed by atoms with Crippen molar-refractivity contribution in [2.45, 2.75) is 13.5 Å². The first-order valence-corrected chi connectivity index (χ1v) is 5.64. The zero-order chi connectivity index (χ0) is 12.5. The zero-order valence-corrected chi connectivity index (χ0v) is 10.4. The maximum atomic E-state index is 10.8. The van der Waals surface area contributed by atoms with Gasteiger partial charge in [-0.1, -0.05) is 29.8 Å². The van der Waals surface area contributed by atoms with Crippen LogP contribution < -0.4 is 5.32 Å². The van der Waals surface area contributed by atoms with Crippen LogP contribution in [0.5, 0.6) is 0 Å². The Morgan fingerprint density at radius 3 is 2.47 bits per heavy atom. The van der Waals surface area contributed by atoms with Crippen LogP contribution in [0.25, 0.3) is 0 Å². The van der Waals surface area contributed by atoms with Crippen LogP contribution in [0.4, 0.5) is 0 Å². The highest BCUT2D eigenvalue weighted by Gasteiger charge is 1.97. The van der Waals surface area contributed by atoms with Crippen molar-refractivity contribution in [1.29, 1.82) is 0 Å². The van der Waals surface area contributed by atoms with Gasteiger partial charge in [0.25, 0.3) is 0 Å². The van der Waals surface area contributed by atoms with Gasteiger partial charge >= 0.3 is 0 Å². The Bertz CT molecular complexity index is 335. The van der Waals surface area contributed by atoms with Crippen molar-refractivity contribution in [2.75, 3.05) is 26.9 Å². The van der Waals surface area contributed by atoms with E-state index in [0.717, 1.165) is 5.56 Å². The molecular weight excluding hydrogens is 218 g/mol. The third kappa shape index (κ3) is 6.04. The summed E-state index contributed by atoms with van der Waals surface area (Å²) in [4.78, 5) is 10.8. The molecule has 1 amide bonds. The minimum Gasteiger partial charge on any atom is -0.374 e. The van der Waals surface area contributed by atoms with Crippen LogP contribution in [-0.2, 0) is 20.9 Å². The van der Waals surface area contributed by atoms with E-state index in [2.05, 4.69) is 24.4 Å². The van der Waals surface area contributed by atoms with Crippen molar-refractivity contribution in [3.63, 3.8) is 0 Å². The van der Waals surface area contributed by atoms with Crippen molar-refractivity contribution in [2.24, 2.45) is 0 Å². The summed E-state index contributed by atoms with van der Waals surface area (Å²) >= 11 is 0. The van der Waals surface area contributed by atoms with Gasteiger partial charge in [0.1, 0.15) is 6.61 Å². The van der Waals surface area contributed by atoms with Gasteiger partial charge in [0.15, 0.2) is 0 Å². The Kier molecular flexibility index (Phi) is 6.29. The molecule has 0 aromatic heterocycles. The molecule has 0 aliphatic heterocycles. The Labute approximate surface area is 102 Å². The van der Waals surface area contributed by atoms with Crippen LogP contribution in [0, 0.1) is 6.92 Å². The maximum Gasteiger partial charge on any atom is 0.245 e. The average Bonchev–Trinajstić information content (AvgIpc) is 2.35. The molecule has 94 valence electrons. The summed E-state index contributed by atoms with van der Waals surface area (Å²) in [6, 6.07) is 8.20. The Morgan fingerprint density at radius 1 is 1.18 bits per heavy atom. The molecule has 0 unspecified atom stereocenters. The summed E-state index contributed by atoms with van der Waals surface area (Å²) < 4.78 is 10.5. The lowest BCUT2D eigenvalue weighted by Crippen LogP contribution is -2.24. The Morgan fingerprint density at radius 2 is 1.82 bits per heavy atom. The lowest BCUT2D eigenvalue weighted by atomic mass is 10.2. The molecule has 0 spiro atoms. The molecule has 1 rings (SSSR count). The number of rotatable bonds is 7. The van der Waals surface area contributed by atoms with Crippen LogP contribution in [0.1, 0.15) is 11.1 Å². The summed E-state index contributed by atoms with van der Waals surface area (Å²) in [7, 11) is 1.58. The molecule has 0 radical (unpaired) electrons. The monoisotopic (exact) mass is 237 g/mol. The molecule has 0 saturated carbocycles. The summed E-state index contributed by atoms with van der Waals surface area (Å²) in [5, 5.41) is 2.48. The second kappa shape index (κ2) is 7.81. The van der Waals surface area contributed by atoms with E-state index in [-0.39, 0.29) is 12.5 Å². The van der Waals surface area contributed by atoms with Gasteiger partial charge in [-0.15, -0.1) is 0 Å². The van der Waals surface area contributed by atoms with Gasteiger partial charge in [-0.25, -0.2) is 0 Å². The zero-order valence-electron chi connectivity index (χ0n) is 10.4. The highest BCUT2D eigenvalue weighted by atomic mass is 16.5. The maximum absolute atomic E-state index is 10.8. The van der Waals surface area contributed by atoms with Crippen molar-refractivity contribution >= 4 is 5.91 Å². The van der Waals surface area contributed by atoms with E-state index in [1.807, 2.05) is 12.1 Å². The number of likely N-dealkylation sites (N-methyl/N-ethyl adjacent to an activating group) is 1. The second-order valence-corrected chi connectivity index (χ2v) is 3.76. The third-order valence-electron chi connectivity index (χ3n) is 2.27. The summed E-state index contributed by atoms with van der Waals surface area (Å²) in [6.45, 7) is 3.63. The highest BCUT2D eigenvalue weighted by Crippen LogP contribution is 2.04. The molecule has 0 saturated heterocycles. The molecule has 0 atom stereocenters. The number of hydrogen-bond acceptors (Lipinski definition) is 3. The van der Waals surface area contributed by atoms with E-state index in [0.29, 0.717) is 19.8 Å². The first-order valence-electron chi connectivity index (χ1n) is 5.64. The molecule has 0 aliphatic carbocycles. The number of hydrogen-bond donors (Lipinski definition) is 1. The Balaban J connectivity index is 2.04. The van der Waals surface area contributed by atoms with Crippen molar-refractivity contribution in [3.05, 3.63) is 35.4 Å². The smallest absolute Gasteiger partial charge is 0.245 e. The first kappa shape index (κ1) is 13.7. The summed E-state index contributed by atoms with van der Waals surface area (Å²) in [5.41, 5.74) is 2.38. The average molecular weight is 237 g/mol. The molecule has 17 heavy (non-hydrogen) atoms. The summed E-state index contributed by atoms with van der Waals surface area (Å²) in [5.74, 6) is -0.122. The molecule has 0 fully saturated rings. The molecule has 4 heteroatoms. The standard InChI is InChI=1S/C13H19NO3/c1-11-3-5-12(6-4-11)9-16-7-8-17-10-13(15)14-2/h3-6H,7-10H2,1-2H3,(H,14,15). The van der Waals surface area contributed by atoms with E-state index in [4.69, 9.17) is 9.47 Å². The van der Waals surface area contributed by atoms with Crippen molar-refractivity contribution < 1.29 is 14.3 Å². The fraction of sp³-hybridized carbons (Fsp3) is 0.462. The third-order valence-corrected chi connectivity index (χ3v) is 2.27. The molecule has 0 bridgehead atoms. The minimum absolute atomic E-state index is 0.0877. The van der Waals surface area contributed by atoms with E-state index in [1.54, 1.807) is 7.05 Å². The number of aryl methyl sites for hydroxylation is 1. The Hall–Kier alpha value is -1.39. The van der Waals surface area contributed by atoms with E-state index < -0.39 is 0 Å². The topological polar surface area (TPSA) is 47.6 Å². The second-order valence-electron chi connectivity index (χ2n) is 3.76.